The summed E-state index contributed by atoms with van der Waals surface area (Å²) in [5.41, 5.74) is 5.13. The number of nitrogens with zero attached hydrogens (tertiary/aromatic N) is 4. The van der Waals surface area contributed by atoms with E-state index in [1.54, 1.807) is 24.5 Å². The number of hydrogen-bond donors (Lipinski definition) is 1. The largest absolute Gasteiger partial charge is 0.276 e. The Morgan fingerprint density at radius 2 is 1.74 bits per heavy atom. The third kappa shape index (κ3) is 2.93. The Morgan fingerprint density at radius 3 is 2.42 bits per heavy atom. The van der Waals surface area contributed by atoms with Crippen molar-refractivity contribution in [2.75, 3.05) is 5.43 Å². The molecule has 0 spiro atoms. The van der Waals surface area contributed by atoms with Gasteiger partial charge in [-0.3, -0.25) is 10.4 Å². The normalized spacial score (nSPS) is 8.95. The highest BCUT2D eigenvalue weighted by molar-refractivity contribution is 6.10. The lowest BCUT2D eigenvalue weighted by atomic mass is 10.1. The van der Waals surface area contributed by atoms with Gasteiger partial charge >= 0.3 is 0 Å². The highest BCUT2D eigenvalue weighted by Gasteiger charge is 2.03. The van der Waals surface area contributed by atoms with Crippen molar-refractivity contribution >= 4 is 11.4 Å². The molecule has 0 aliphatic rings. The molecule has 0 saturated heterocycles. The van der Waals surface area contributed by atoms with E-state index in [-0.39, 0.29) is 5.71 Å². The molecule has 0 aliphatic carbocycles. The van der Waals surface area contributed by atoms with Gasteiger partial charge in [0.15, 0.2) is 0 Å². The van der Waals surface area contributed by atoms with Crippen LogP contribution in [0.3, 0.4) is 0 Å². The van der Waals surface area contributed by atoms with Crippen LogP contribution < -0.4 is 5.43 Å². The second-order valence-corrected chi connectivity index (χ2v) is 3.58. The van der Waals surface area contributed by atoms with Gasteiger partial charge in [-0.2, -0.15) is 15.6 Å². The molecular weight excluding hydrogens is 238 g/mol. The third-order valence-corrected chi connectivity index (χ3v) is 2.42. The van der Waals surface area contributed by atoms with E-state index in [0.29, 0.717) is 0 Å². The smallest absolute Gasteiger partial charge is 0.237 e. The number of nitriles is 2. The highest BCUT2D eigenvalue weighted by Crippen LogP contribution is 2.27. The number of nitrogens with one attached hydrogen (secondary N) is 1. The van der Waals surface area contributed by atoms with E-state index < -0.39 is 0 Å². The van der Waals surface area contributed by atoms with Crippen molar-refractivity contribution in [2.24, 2.45) is 5.10 Å². The zero-order valence-electron chi connectivity index (χ0n) is 9.91. The summed E-state index contributed by atoms with van der Waals surface area (Å²) in [5.74, 6) is 0. The standard InChI is InChI=1S/C14H9N5/c15-9-12(10-16)18-19-14-4-2-1-3-13(14)11-5-7-17-8-6-11/h1-8,19H. The van der Waals surface area contributed by atoms with Gasteiger partial charge in [-0.1, -0.05) is 18.2 Å². The van der Waals surface area contributed by atoms with E-state index >= 15 is 0 Å². The van der Waals surface area contributed by atoms with E-state index in [0.717, 1.165) is 16.8 Å². The van der Waals surface area contributed by atoms with E-state index in [9.17, 15) is 0 Å². The summed E-state index contributed by atoms with van der Waals surface area (Å²) in [6.45, 7) is 0. The van der Waals surface area contributed by atoms with Crippen molar-refractivity contribution in [3.63, 3.8) is 0 Å². The number of para-hydroxylation sites is 1. The lowest BCUT2D eigenvalue weighted by Gasteiger charge is -2.08. The summed E-state index contributed by atoms with van der Waals surface area (Å²) < 4.78 is 0. The first-order chi connectivity index (χ1) is 9.35. The molecule has 1 heterocycles. The molecule has 0 radical (unpaired) electrons. The van der Waals surface area contributed by atoms with Crippen LogP contribution in [0.4, 0.5) is 5.69 Å². The SMILES string of the molecule is N#CC(C#N)=NNc1ccccc1-c1ccncc1. The molecule has 0 unspecified atom stereocenters. The van der Waals surface area contributed by atoms with Crippen molar-refractivity contribution in [3.05, 3.63) is 48.8 Å². The maximum absolute atomic E-state index is 8.64. The van der Waals surface area contributed by atoms with E-state index in [1.165, 1.54) is 0 Å². The fourth-order valence-electron chi connectivity index (χ4n) is 1.55. The topological polar surface area (TPSA) is 84.9 Å². The number of hydrogen-bond acceptors (Lipinski definition) is 5. The Labute approximate surface area is 110 Å². The molecule has 90 valence electrons. The number of aromatic nitrogens is 1. The molecule has 5 nitrogen and oxygen atoms in total. The first-order valence-corrected chi connectivity index (χ1v) is 5.48. The van der Waals surface area contributed by atoms with Gasteiger partial charge in [-0.05, 0) is 23.8 Å². The number of hydrazone groups is 1. The molecule has 0 bridgehead atoms. The molecule has 1 aromatic carbocycles. The molecule has 2 rings (SSSR count). The Morgan fingerprint density at radius 1 is 1.05 bits per heavy atom. The van der Waals surface area contributed by atoms with Crippen molar-refractivity contribution in [1.29, 1.82) is 10.5 Å². The van der Waals surface area contributed by atoms with Gasteiger partial charge in [0, 0.05) is 18.0 Å². The molecule has 0 aliphatic heterocycles. The van der Waals surface area contributed by atoms with Crippen molar-refractivity contribution in [1.82, 2.24) is 4.98 Å². The molecular formula is C14H9N5. The maximum Gasteiger partial charge on any atom is 0.237 e. The number of rotatable bonds is 3. The van der Waals surface area contributed by atoms with Crippen LogP contribution in [-0.2, 0) is 0 Å². The summed E-state index contributed by atoms with van der Waals surface area (Å²) in [4.78, 5) is 3.97. The van der Waals surface area contributed by atoms with Crippen molar-refractivity contribution in [2.45, 2.75) is 0 Å². The quantitative estimate of drug-likeness (QED) is 0.667. The third-order valence-electron chi connectivity index (χ3n) is 2.42. The number of pyridine rings is 1. The van der Waals surface area contributed by atoms with Crippen molar-refractivity contribution < 1.29 is 0 Å². The molecule has 0 saturated carbocycles. The zero-order chi connectivity index (χ0) is 13.5. The molecule has 0 fully saturated rings. The second kappa shape index (κ2) is 5.95. The minimum atomic E-state index is -0.218. The Hall–Kier alpha value is -3.18. The van der Waals surface area contributed by atoms with Gasteiger partial charge in [0.1, 0.15) is 12.1 Å². The van der Waals surface area contributed by atoms with Crippen molar-refractivity contribution in [3.8, 4) is 23.3 Å². The van der Waals surface area contributed by atoms with Crippen LogP contribution in [0.1, 0.15) is 0 Å². The van der Waals surface area contributed by atoms with Crippen LogP contribution in [0.15, 0.2) is 53.9 Å². The minimum absolute atomic E-state index is 0.218. The molecule has 2 aromatic rings. The van der Waals surface area contributed by atoms with E-state index in [1.807, 2.05) is 36.4 Å². The summed E-state index contributed by atoms with van der Waals surface area (Å²) in [7, 11) is 0. The Balaban J connectivity index is 2.36. The van der Waals surface area contributed by atoms with Gasteiger partial charge < -0.3 is 0 Å². The molecule has 5 heteroatoms. The lowest BCUT2D eigenvalue weighted by molar-refractivity contribution is 1.31. The Kier molecular flexibility index (Phi) is 3.84. The first-order valence-electron chi connectivity index (χ1n) is 5.48. The second-order valence-electron chi connectivity index (χ2n) is 3.58. The average Bonchev–Trinajstić information content (AvgIpc) is 2.49. The predicted molar refractivity (Wildman–Crippen MR) is 72.0 cm³/mol. The van der Waals surface area contributed by atoms with Crippen LogP contribution in [0, 0.1) is 22.7 Å². The van der Waals surface area contributed by atoms with Crippen LogP contribution in [-0.4, -0.2) is 10.7 Å². The monoisotopic (exact) mass is 247 g/mol. The van der Waals surface area contributed by atoms with Crippen LogP contribution >= 0.6 is 0 Å². The van der Waals surface area contributed by atoms with Gasteiger partial charge in [0.25, 0.3) is 0 Å². The van der Waals surface area contributed by atoms with Gasteiger partial charge in [-0.15, -0.1) is 0 Å². The maximum atomic E-state index is 8.64. The summed E-state index contributed by atoms with van der Waals surface area (Å²) in [5, 5.41) is 21.0. The van der Waals surface area contributed by atoms with E-state index in [4.69, 9.17) is 10.5 Å². The number of benzene rings is 1. The Bertz CT molecular complexity index is 661. The van der Waals surface area contributed by atoms with Gasteiger partial charge in [0.05, 0.1) is 5.69 Å². The molecule has 1 aromatic heterocycles. The fraction of sp³-hybridized carbons (Fsp3) is 0. The summed E-state index contributed by atoms with van der Waals surface area (Å²) in [6.07, 6.45) is 3.40. The van der Waals surface area contributed by atoms with Crippen LogP contribution in [0.25, 0.3) is 11.1 Å². The van der Waals surface area contributed by atoms with E-state index in [2.05, 4.69) is 15.5 Å². The lowest BCUT2D eigenvalue weighted by Crippen LogP contribution is -1.97. The first kappa shape index (κ1) is 12.3. The van der Waals surface area contributed by atoms with Gasteiger partial charge in [0.2, 0.25) is 5.71 Å². The van der Waals surface area contributed by atoms with Crippen LogP contribution in [0.2, 0.25) is 0 Å². The van der Waals surface area contributed by atoms with Crippen LogP contribution in [0.5, 0.6) is 0 Å². The fourth-order valence-corrected chi connectivity index (χ4v) is 1.55. The molecule has 19 heavy (non-hydrogen) atoms. The molecule has 0 atom stereocenters. The highest BCUT2D eigenvalue weighted by atomic mass is 15.3. The zero-order valence-corrected chi connectivity index (χ0v) is 9.91. The minimum Gasteiger partial charge on any atom is -0.276 e. The summed E-state index contributed by atoms with van der Waals surface area (Å²) in [6, 6.07) is 14.6. The summed E-state index contributed by atoms with van der Waals surface area (Å²) >= 11 is 0. The predicted octanol–water partition coefficient (Wildman–Crippen LogP) is 2.56. The molecule has 0 amide bonds. The average molecular weight is 247 g/mol. The molecule has 1 N–H and O–H groups in total. The number of anilines is 1. The van der Waals surface area contributed by atoms with Gasteiger partial charge in [-0.25, -0.2) is 0 Å².